The molecule has 0 radical (unpaired) electrons. The van der Waals surface area contributed by atoms with Crippen LogP contribution in [0.2, 0.25) is 0 Å². The summed E-state index contributed by atoms with van der Waals surface area (Å²) in [5.41, 5.74) is 0. The molecule has 1 rings (SSSR count). The second kappa shape index (κ2) is 5.77. The van der Waals surface area contributed by atoms with Crippen molar-refractivity contribution in [3.63, 3.8) is 0 Å². The molecule has 1 N–H and O–H groups in total. The third kappa shape index (κ3) is 4.09. The van der Waals surface area contributed by atoms with Gasteiger partial charge in [0.1, 0.15) is 6.54 Å². The second-order valence-electron chi connectivity index (χ2n) is 5.05. The molecule has 1 saturated heterocycles. The highest BCUT2D eigenvalue weighted by molar-refractivity contribution is 7.91. The first kappa shape index (κ1) is 15.7. The summed E-state index contributed by atoms with van der Waals surface area (Å²) in [6, 6.07) is -1.10. The molecule has 0 aromatic carbocycles. The molecule has 0 aliphatic carbocycles. The maximum absolute atomic E-state index is 12.3. The Morgan fingerprint density at radius 3 is 2.42 bits per heavy atom. The van der Waals surface area contributed by atoms with Crippen LogP contribution in [-0.2, 0) is 14.6 Å². The molecule has 0 aromatic rings. The Labute approximate surface area is 113 Å². The van der Waals surface area contributed by atoms with Crippen LogP contribution in [0.4, 0.5) is 4.79 Å². The fourth-order valence-electron chi connectivity index (χ4n) is 2.06. The van der Waals surface area contributed by atoms with Crippen LogP contribution >= 0.6 is 0 Å². The summed E-state index contributed by atoms with van der Waals surface area (Å²) in [5.74, 6) is -1.22. The summed E-state index contributed by atoms with van der Waals surface area (Å²) < 4.78 is 22.9. The number of rotatable bonds is 3. The van der Waals surface area contributed by atoms with Crippen LogP contribution in [0.5, 0.6) is 0 Å². The highest BCUT2D eigenvalue weighted by atomic mass is 32.2. The Morgan fingerprint density at radius 2 is 2.00 bits per heavy atom. The van der Waals surface area contributed by atoms with Gasteiger partial charge >= 0.3 is 12.0 Å². The number of carbonyl (C=O) groups is 2. The molecular formula is C11H20N2O5S. The average molecular weight is 292 g/mol. The van der Waals surface area contributed by atoms with Crippen LogP contribution in [0.25, 0.3) is 0 Å². The van der Waals surface area contributed by atoms with E-state index in [4.69, 9.17) is 5.11 Å². The zero-order valence-corrected chi connectivity index (χ0v) is 12.2. The van der Waals surface area contributed by atoms with Gasteiger partial charge in [-0.3, -0.25) is 4.79 Å². The number of hydrogen-bond donors (Lipinski definition) is 1. The molecule has 2 amide bonds. The number of sulfone groups is 1. The van der Waals surface area contributed by atoms with E-state index in [0.717, 1.165) is 0 Å². The first-order valence-corrected chi connectivity index (χ1v) is 7.95. The van der Waals surface area contributed by atoms with Crippen LogP contribution in [0, 0.1) is 0 Å². The van der Waals surface area contributed by atoms with Gasteiger partial charge in [-0.1, -0.05) is 0 Å². The van der Waals surface area contributed by atoms with E-state index in [2.05, 4.69) is 0 Å². The summed E-state index contributed by atoms with van der Waals surface area (Å²) in [4.78, 5) is 25.7. The van der Waals surface area contributed by atoms with Crippen molar-refractivity contribution in [3.05, 3.63) is 0 Å². The van der Waals surface area contributed by atoms with Gasteiger partial charge in [0.25, 0.3) is 0 Å². The number of aliphatic carboxylic acids is 1. The van der Waals surface area contributed by atoms with E-state index >= 15 is 0 Å². The zero-order chi connectivity index (χ0) is 14.8. The standard InChI is InChI=1S/C11H20N2O5S/c1-8(2)13(6-10(14)15)11(16)12-4-5-19(17,18)7-9(12)3/h8-9H,4-7H2,1-3H3,(H,14,15). The van der Waals surface area contributed by atoms with Gasteiger partial charge in [-0.05, 0) is 20.8 Å². The maximum atomic E-state index is 12.3. The molecule has 0 spiro atoms. The fraction of sp³-hybridized carbons (Fsp3) is 0.818. The van der Waals surface area contributed by atoms with Gasteiger partial charge in [-0.15, -0.1) is 0 Å². The highest BCUT2D eigenvalue weighted by Gasteiger charge is 2.34. The SMILES string of the molecule is CC(C)N(CC(=O)O)C(=O)N1CCS(=O)(=O)CC1C. The van der Waals surface area contributed by atoms with E-state index in [0.29, 0.717) is 0 Å². The van der Waals surface area contributed by atoms with Gasteiger partial charge in [-0.25, -0.2) is 13.2 Å². The van der Waals surface area contributed by atoms with E-state index in [-0.39, 0.29) is 30.6 Å². The second-order valence-corrected chi connectivity index (χ2v) is 7.28. The third-order valence-corrected chi connectivity index (χ3v) is 4.89. The van der Waals surface area contributed by atoms with Gasteiger partial charge in [0, 0.05) is 18.6 Å². The monoisotopic (exact) mass is 292 g/mol. The van der Waals surface area contributed by atoms with Crippen molar-refractivity contribution in [2.75, 3.05) is 24.6 Å². The molecule has 8 heteroatoms. The molecule has 1 atom stereocenters. The summed E-state index contributed by atoms with van der Waals surface area (Å²) in [5, 5.41) is 8.82. The number of carbonyl (C=O) groups excluding carboxylic acids is 1. The van der Waals surface area contributed by atoms with Crippen LogP contribution in [0.1, 0.15) is 20.8 Å². The molecule has 0 aromatic heterocycles. The average Bonchev–Trinajstić information content (AvgIpc) is 2.23. The van der Waals surface area contributed by atoms with Crippen LogP contribution in [0.15, 0.2) is 0 Å². The van der Waals surface area contributed by atoms with Crippen molar-refractivity contribution in [2.45, 2.75) is 32.9 Å². The highest BCUT2D eigenvalue weighted by Crippen LogP contribution is 2.15. The molecule has 19 heavy (non-hydrogen) atoms. The molecule has 0 bridgehead atoms. The quantitative estimate of drug-likeness (QED) is 0.791. The van der Waals surface area contributed by atoms with E-state index in [1.54, 1.807) is 20.8 Å². The number of carboxylic acids is 1. The van der Waals surface area contributed by atoms with Crippen LogP contribution < -0.4 is 0 Å². The molecule has 1 heterocycles. The van der Waals surface area contributed by atoms with E-state index in [9.17, 15) is 18.0 Å². The fourth-order valence-corrected chi connectivity index (χ4v) is 3.62. The Bertz CT molecular complexity index is 460. The third-order valence-electron chi connectivity index (χ3n) is 3.09. The topological polar surface area (TPSA) is 95.0 Å². The largest absolute Gasteiger partial charge is 0.480 e. The minimum absolute atomic E-state index is 0.0674. The van der Waals surface area contributed by atoms with Crippen molar-refractivity contribution < 1.29 is 23.1 Å². The van der Waals surface area contributed by atoms with Gasteiger partial charge in [0.15, 0.2) is 9.84 Å². The zero-order valence-electron chi connectivity index (χ0n) is 11.4. The Hall–Kier alpha value is -1.31. The minimum atomic E-state index is -3.10. The van der Waals surface area contributed by atoms with E-state index in [1.807, 2.05) is 0 Å². The van der Waals surface area contributed by atoms with Crippen molar-refractivity contribution in [1.82, 2.24) is 9.80 Å². The molecular weight excluding hydrogens is 272 g/mol. The molecule has 1 fully saturated rings. The van der Waals surface area contributed by atoms with Gasteiger partial charge in [0.05, 0.1) is 11.5 Å². The van der Waals surface area contributed by atoms with Gasteiger partial charge < -0.3 is 14.9 Å². The number of nitrogens with zero attached hydrogens (tertiary/aromatic N) is 2. The number of hydrogen-bond acceptors (Lipinski definition) is 4. The molecule has 7 nitrogen and oxygen atoms in total. The lowest BCUT2D eigenvalue weighted by molar-refractivity contribution is -0.138. The summed E-state index contributed by atoms with van der Waals surface area (Å²) >= 11 is 0. The van der Waals surface area contributed by atoms with Crippen molar-refractivity contribution in [3.8, 4) is 0 Å². The summed E-state index contributed by atoms with van der Waals surface area (Å²) in [6.07, 6.45) is 0. The lowest BCUT2D eigenvalue weighted by Crippen LogP contribution is -2.56. The molecule has 1 unspecified atom stereocenters. The lowest BCUT2D eigenvalue weighted by atomic mass is 10.3. The Balaban J connectivity index is 2.83. The van der Waals surface area contributed by atoms with Crippen molar-refractivity contribution in [1.29, 1.82) is 0 Å². The summed E-state index contributed by atoms with van der Waals surface area (Å²) in [6.45, 7) is 4.85. The lowest BCUT2D eigenvalue weighted by Gasteiger charge is -2.38. The predicted octanol–water partition coefficient (Wildman–Crippen LogP) is 0.0203. The molecule has 1 aliphatic rings. The summed E-state index contributed by atoms with van der Waals surface area (Å²) in [7, 11) is -3.10. The normalized spacial score (nSPS) is 22.3. The molecule has 110 valence electrons. The maximum Gasteiger partial charge on any atom is 0.323 e. The predicted molar refractivity (Wildman–Crippen MR) is 69.7 cm³/mol. The molecule has 0 saturated carbocycles. The van der Waals surface area contributed by atoms with Gasteiger partial charge in [0.2, 0.25) is 0 Å². The van der Waals surface area contributed by atoms with Crippen LogP contribution in [0.3, 0.4) is 0 Å². The van der Waals surface area contributed by atoms with Crippen molar-refractivity contribution >= 4 is 21.8 Å². The van der Waals surface area contributed by atoms with Crippen molar-refractivity contribution in [2.24, 2.45) is 0 Å². The Morgan fingerprint density at radius 1 is 1.42 bits per heavy atom. The Kier molecular flexibility index (Phi) is 4.78. The van der Waals surface area contributed by atoms with E-state index in [1.165, 1.54) is 9.80 Å². The first-order valence-electron chi connectivity index (χ1n) is 6.13. The first-order chi connectivity index (χ1) is 8.64. The van der Waals surface area contributed by atoms with Crippen LogP contribution in [-0.4, -0.2) is 72.0 Å². The minimum Gasteiger partial charge on any atom is -0.480 e. The van der Waals surface area contributed by atoms with E-state index < -0.39 is 27.9 Å². The number of carboxylic acid groups (broad SMARTS) is 1. The van der Waals surface area contributed by atoms with Gasteiger partial charge in [-0.2, -0.15) is 0 Å². The molecule has 1 aliphatic heterocycles. The number of urea groups is 1. The smallest absolute Gasteiger partial charge is 0.323 e. The number of amides is 2.